The molecule has 0 spiro atoms. The molecule has 0 atom stereocenters. The van der Waals surface area contributed by atoms with E-state index in [0.29, 0.717) is 11.1 Å². The minimum atomic E-state index is -0.387. The van der Waals surface area contributed by atoms with E-state index in [2.05, 4.69) is 18.4 Å². The van der Waals surface area contributed by atoms with E-state index >= 15 is 0 Å². The Morgan fingerprint density at radius 1 is 1.11 bits per heavy atom. The van der Waals surface area contributed by atoms with Gasteiger partial charge in [0.25, 0.3) is 0 Å². The third-order valence-corrected chi connectivity index (χ3v) is 4.25. The monoisotopic (exact) mass is 269 g/mol. The Labute approximate surface area is 115 Å². The molecule has 2 rings (SSSR count). The number of halogens is 1. The molecular weight excluding hydrogens is 248 g/mol. The summed E-state index contributed by atoms with van der Waals surface area (Å²) in [7, 11) is -0.387. The Bertz CT molecular complexity index is 438. The second kappa shape index (κ2) is 4.29. The molecule has 0 radical (unpaired) electrons. The zero-order valence-electron chi connectivity index (χ0n) is 12.0. The van der Waals surface area contributed by atoms with Gasteiger partial charge in [-0.05, 0) is 41.5 Å². The fourth-order valence-corrected chi connectivity index (χ4v) is 2.16. The molecular formula is C13H21BClNO2. The van der Waals surface area contributed by atoms with E-state index in [1.807, 2.05) is 40.1 Å². The van der Waals surface area contributed by atoms with Gasteiger partial charge in [0.1, 0.15) is 0 Å². The van der Waals surface area contributed by atoms with Crippen LogP contribution in [0.15, 0.2) is 12.4 Å². The molecule has 2 heterocycles. The quantitative estimate of drug-likeness (QED) is 0.771. The van der Waals surface area contributed by atoms with Gasteiger partial charge in [-0.2, -0.15) is 0 Å². The lowest BCUT2D eigenvalue weighted by Gasteiger charge is -2.32. The highest BCUT2D eigenvalue weighted by Crippen LogP contribution is 2.37. The lowest BCUT2D eigenvalue weighted by atomic mass is 9.81. The first-order valence-corrected chi connectivity index (χ1v) is 6.74. The molecule has 0 N–H and O–H groups in total. The Morgan fingerprint density at radius 2 is 1.61 bits per heavy atom. The van der Waals surface area contributed by atoms with Gasteiger partial charge in [0.05, 0.1) is 16.2 Å². The van der Waals surface area contributed by atoms with Gasteiger partial charge >= 0.3 is 7.12 Å². The molecule has 1 fully saturated rings. The van der Waals surface area contributed by atoms with E-state index in [1.165, 1.54) is 0 Å². The van der Waals surface area contributed by atoms with Crippen molar-refractivity contribution in [2.45, 2.75) is 58.8 Å². The van der Waals surface area contributed by atoms with Gasteiger partial charge in [0.15, 0.2) is 0 Å². The van der Waals surface area contributed by atoms with Crippen molar-refractivity contribution in [1.82, 2.24) is 4.57 Å². The van der Waals surface area contributed by atoms with Crippen LogP contribution in [-0.2, 0) is 9.31 Å². The van der Waals surface area contributed by atoms with Crippen LogP contribution in [-0.4, -0.2) is 22.9 Å². The van der Waals surface area contributed by atoms with Gasteiger partial charge in [0, 0.05) is 23.9 Å². The van der Waals surface area contributed by atoms with Gasteiger partial charge in [-0.15, -0.1) is 0 Å². The SMILES string of the molecule is CC(C)n1cc(Cl)c(B2OC(C)(C)C(C)(C)O2)c1. The van der Waals surface area contributed by atoms with Crippen LogP contribution in [0, 0.1) is 0 Å². The minimum absolute atomic E-state index is 0.332. The molecule has 0 amide bonds. The predicted octanol–water partition coefficient (Wildman–Crippen LogP) is 3.02. The van der Waals surface area contributed by atoms with Crippen LogP contribution in [0.3, 0.4) is 0 Å². The summed E-state index contributed by atoms with van der Waals surface area (Å²) < 4.78 is 14.1. The summed E-state index contributed by atoms with van der Waals surface area (Å²) in [5, 5.41) is 0.696. The summed E-state index contributed by atoms with van der Waals surface area (Å²) in [6.45, 7) is 12.4. The first kappa shape index (κ1) is 14.0. The Kier molecular flexibility index (Phi) is 3.33. The van der Waals surface area contributed by atoms with Gasteiger partial charge in [-0.3, -0.25) is 0 Å². The van der Waals surface area contributed by atoms with Gasteiger partial charge in [-0.25, -0.2) is 0 Å². The highest BCUT2D eigenvalue weighted by molar-refractivity contribution is 6.65. The molecule has 0 bridgehead atoms. The molecule has 1 aliphatic heterocycles. The largest absolute Gasteiger partial charge is 0.497 e. The van der Waals surface area contributed by atoms with Crippen LogP contribution >= 0.6 is 11.6 Å². The number of hydrogen-bond acceptors (Lipinski definition) is 2. The second-order valence-electron chi connectivity index (χ2n) is 6.19. The van der Waals surface area contributed by atoms with Crippen molar-refractivity contribution in [3.63, 3.8) is 0 Å². The topological polar surface area (TPSA) is 23.4 Å². The maximum Gasteiger partial charge on any atom is 0.497 e. The number of aromatic nitrogens is 1. The highest BCUT2D eigenvalue weighted by atomic mass is 35.5. The van der Waals surface area contributed by atoms with Gasteiger partial charge in [0.2, 0.25) is 0 Å². The van der Waals surface area contributed by atoms with E-state index in [9.17, 15) is 0 Å². The van der Waals surface area contributed by atoms with Crippen LogP contribution < -0.4 is 5.46 Å². The molecule has 0 aromatic carbocycles. The van der Waals surface area contributed by atoms with Crippen molar-refractivity contribution in [3.05, 3.63) is 17.4 Å². The molecule has 0 aliphatic carbocycles. The Hall–Kier alpha value is -0.445. The van der Waals surface area contributed by atoms with E-state index in [4.69, 9.17) is 20.9 Å². The lowest BCUT2D eigenvalue weighted by molar-refractivity contribution is 0.00578. The zero-order chi connectivity index (χ0) is 13.7. The molecule has 3 nitrogen and oxygen atoms in total. The fourth-order valence-electron chi connectivity index (χ4n) is 1.91. The van der Waals surface area contributed by atoms with E-state index in [1.54, 1.807) is 0 Å². The normalized spacial score (nSPS) is 21.9. The first-order valence-electron chi connectivity index (χ1n) is 6.36. The van der Waals surface area contributed by atoms with Crippen LogP contribution in [0.25, 0.3) is 0 Å². The molecule has 18 heavy (non-hydrogen) atoms. The number of rotatable bonds is 2. The molecule has 100 valence electrons. The third-order valence-electron chi connectivity index (χ3n) is 3.93. The molecule has 0 unspecified atom stereocenters. The highest BCUT2D eigenvalue weighted by Gasteiger charge is 2.52. The van der Waals surface area contributed by atoms with E-state index in [0.717, 1.165) is 5.46 Å². The maximum atomic E-state index is 6.27. The molecule has 1 aromatic rings. The van der Waals surface area contributed by atoms with Crippen LogP contribution in [0.1, 0.15) is 47.6 Å². The second-order valence-corrected chi connectivity index (χ2v) is 6.60. The summed E-state index contributed by atoms with van der Waals surface area (Å²) in [6, 6.07) is 0.374. The standard InChI is InChI=1S/C13H21BClNO2/c1-9(2)16-7-10(11(15)8-16)14-17-12(3,4)13(5,6)18-14/h7-9H,1-6H3. The summed E-state index contributed by atoms with van der Waals surface area (Å²) in [4.78, 5) is 0. The number of hydrogen-bond donors (Lipinski definition) is 0. The molecule has 1 saturated heterocycles. The van der Waals surface area contributed by atoms with Crippen molar-refractivity contribution >= 4 is 24.2 Å². The van der Waals surface area contributed by atoms with Crippen LogP contribution in [0.2, 0.25) is 5.02 Å². The minimum Gasteiger partial charge on any atom is -0.399 e. The van der Waals surface area contributed by atoms with Crippen LogP contribution in [0.4, 0.5) is 0 Å². The molecule has 1 aliphatic rings. The summed E-state index contributed by atoms with van der Waals surface area (Å²) in [5.74, 6) is 0. The Morgan fingerprint density at radius 3 is 2.00 bits per heavy atom. The molecule has 0 saturated carbocycles. The van der Waals surface area contributed by atoms with Gasteiger partial charge in [-0.1, -0.05) is 11.6 Å². The van der Waals surface area contributed by atoms with E-state index in [-0.39, 0.29) is 18.3 Å². The van der Waals surface area contributed by atoms with Crippen molar-refractivity contribution < 1.29 is 9.31 Å². The van der Waals surface area contributed by atoms with Crippen molar-refractivity contribution in [3.8, 4) is 0 Å². The van der Waals surface area contributed by atoms with Gasteiger partial charge < -0.3 is 13.9 Å². The average Bonchev–Trinajstić information content (AvgIpc) is 2.66. The fraction of sp³-hybridized carbons (Fsp3) is 0.692. The summed E-state index contributed by atoms with van der Waals surface area (Å²) >= 11 is 6.27. The zero-order valence-corrected chi connectivity index (χ0v) is 12.7. The first-order chi connectivity index (χ1) is 8.14. The molecule has 5 heteroatoms. The lowest BCUT2D eigenvalue weighted by Crippen LogP contribution is -2.41. The smallest absolute Gasteiger partial charge is 0.399 e. The van der Waals surface area contributed by atoms with Crippen molar-refractivity contribution in [2.24, 2.45) is 0 Å². The van der Waals surface area contributed by atoms with Crippen molar-refractivity contribution in [1.29, 1.82) is 0 Å². The van der Waals surface area contributed by atoms with E-state index < -0.39 is 0 Å². The maximum absolute atomic E-state index is 6.27. The number of nitrogens with zero attached hydrogens (tertiary/aromatic N) is 1. The summed E-state index contributed by atoms with van der Waals surface area (Å²) in [6.07, 6.45) is 3.93. The average molecular weight is 270 g/mol. The van der Waals surface area contributed by atoms with Crippen molar-refractivity contribution in [2.75, 3.05) is 0 Å². The third kappa shape index (κ3) is 2.22. The van der Waals surface area contributed by atoms with Crippen LogP contribution in [0.5, 0.6) is 0 Å². The Balaban J connectivity index is 2.30. The predicted molar refractivity (Wildman–Crippen MR) is 75.5 cm³/mol. The molecule has 1 aromatic heterocycles. The summed E-state index contributed by atoms with van der Waals surface area (Å²) in [5.41, 5.74) is 0.242.